The molecule has 7 nitrogen and oxygen atoms in total. The highest BCUT2D eigenvalue weighted by atomic mass is 35.5. The molecule has 2 saturated carbocycles. The molecule has 1 aromatic carbocycles. The Labute approximate surface area is 242 Å². The van der Waals surface area contributed by atoms with Gasteiger partial charge in [0.1, 0.15) is 0 Å². The summed E-state index contributed by atoms with van der Waals surface area (Å²) in [6.45, 7) is 5.59. The molecule has 0 radical (unpaired) electrons. The molecule has 5 rings (SSSR count). The first-order chi connectivity index (χ1) is 18.8. The summed E-state index contributed by atoms with van der Waals surface area (Å²) in [7, 11) is 1.96. The molecule has 2 fully saturated rings. The SMILES string of the molecule is CSc1cc(C)[nH]c(=O)c1CNC(=O)c1cc(Cl)c2c(c1C)O[C@](C)([C@H]1CC[C@H](N(C)C3CC(F)(F)C3)CC1)O2. The van der Waals surface area contributed by atoms with E-state index in [1.165, 1.54) is 11.8 Å². The molecule has 0 spiro atoms. The van der Waals surface area contributed by atoms with E-state index in [0.29, 0.717) is 28.2 Å². The fourth-order valence-electron chi connectivity index (χ4n) is 6.27. The number of rotatable bonds is 7. The summed E-state index contributed by atoms with van der Waals surface area (Å²) in [5, 5.41) is 3.14. The lowest BCUT2D eigenvalue weighted by Gasteiger charge is -2.47. The van der Waals surface area contributed by atoms with Crippen LogP contribution in [0.3, 0.4) is 0 Å². The highest BCUT2D eigenvalue weighted by Gasteiger charge is 2.51. The second-order valence-corrected chi connectivity index (χ2v) is 12.8. The van der Waals surface area contributed by atoms with Gasteiger partial charge in [0.2, 0.25) is 0 Å². The van der Waals surface area contributed by atoms with Crippen molar-refractivity contribution in [1.82, 2.24) is 15.2 Å². The summed E-state index contributed by atoms with van der Waals surface area (Å²) < 4.78 is 39.5. The minimum Gasteiger partial charge on any atom is -0.448 e. The maximum Gasteiger partial charge on any atom is 0.254 e. The fourth-order valence-corrected chi connectivity index (χ4v) is 7.21. The summed E-state index contributed by atoms with van der Waals surface area (Å²) in [6.07, 6.45) is 5.17. The van der Waals surface area contributed by atoms with Gasteiger partial charge in [-0.3, -0.25) is 9.59 Å². The fraction of sp³-hybridized carbons (Fsp3) is 0.586. The first-order valence-corrected chi connectivity index (χ1v) is 15.3. The van der Waals surface area contributed by atoms with Crippen LogP contribution in [0.4, 0.5) is 8.78 Å². The van der Waals surface area contributed by atoms with Crippen LogP contribution in [0.2, 0.25) is 5.02 Å². The summed E-state index contributed by atoms with van der Waals surface area (Å²) in [5.41, 5.74) is 1.99. The molecule has 40 heavy (non-hydrogen) atoms. The molecule has 0 unspecified atom stereocenters. The quantitative estimate of drug-likeness (QED) is 0.378. The van der Waals surface area contributed by atoms with E-state index in [-0.39, 0.29) is 53.9 Å². The van der Waals surface area contributed by atoms with Crippen molar-refractivity contribution in [3.63, 3.8) is 0 Å². The van der Waals surface area contributed by atoms with Crippen molar-refractivity contribution in [2.45, 2.75) is 94.5 Å². The lowest BCUT2D eigenvalue weighted by molar-refractivity contribution is -0.141. The molecule has 2 heterocycles. The molecule has 1 aliphatic heterocycles. The predicted octanol–water partition coefficient (Wildman–Crippen LogP) is 6.07. The van der Waals surface area contributed by atoms with Gasteiger partial charge in [0.15, 0.2) is 11.5 Å². The van der Waals surface area contributed by atoms with Gasteiger partial charge >= 0.3 is 0 Å². The summed E-state index contributed by atoms with van der Waals surface area (Å²) >= 11 is 8.05. The highest BCUT2D eigenvalue weighted by molar-refractivity contribution is 7.98. The summed E-state index contributed by atoms with van der Waals surface area (Å²) in [5.74, 6) is -2.87. The Bertz CT molecular complexity index is 1370. The minimum atomic E-state index is -2.52. The third-order valence-corrected chi connectivity index (χ3v) is 9.91. The van der Waals surface area contributed by atoms with Crippen LogP contribution in [0.1, 0.15) is 72.6 Å². The first kappa shape index (κ1) is 29.2. The van der Waals surface area contributed by atoms with Gasteiger partial charge in [0, 0.05) is 71.6 Å². The number of ether oxygens (including phenoxy) is 2. The van der Waals surface area contributed by atoms with Gasteiger partial charge in [-0.05, 0) is 65.0 Å². The van der Waals surface area contributed by atoms with Gasteiger partial charge in [0.05, 0.1) is 5.02 Å². The topological polar surface area (TPSA) is 83.7 Å². The van der Waals surface area contributed by atoms with E-state index >= 15 is 0 Å². The van der Waals surface area contributed by atoms with E-state index in [1.807, 2.05) is 33.2 Å². The number of pyridine rings is 1. The Hall–Kier alpha value is -2.30. The van der Waals surface area contributed by atoms with Crippen molar-refractivity contribution in [1.29, 1.82) is 0 Å². The molecule has 1 amide bonds. The molecule has 1 atom stereocenters. The normalized spacial score (nSPS) is 25.6. The van der Waals surface area contributed by atoms with Gasteiger partial charge < -0.3 is 24.7 Å². The molecule has 218 valence electrons. The Morgan fingerprint density at radius 1 is 1.15 bits per heavy atom. The number of carbonyl (C=O) groups is 1. The van der Waals surface area contributed by atoms with Crippen LogP contribution in [0.25, 0.3) is 0 Å². The number of nitrogens with one attached hydrogen (secondary N) is 2. The molecule has 0 saturated heterocycles. The van der Waals surface area contributed by atoms with Crippen molar-refractivity contribution in [2.75, 3.05) is 13.3 Å². The molecular formula is C29H36ClF2N3O4S. The average Bonchev–Trinajstić information content (AvgIpc) is 3.27. The third kappa shape index (κ3) is 5.46. The van der Waals surface area contributed by atoms with Gasteiger partial charge in [-0.15, -0.1) is 11.8 Å². The van der Waals surface area contributed by atoms with Crippen molar-refractivity contribution < 1.29 is 23.0 Å². The maximum atomic E-state index is 13.4. The van der Waals surface area contributed by atoms with Crippen LogP contribution >= 0.6 is 23.4 Å². The third-order valence-electron chi connectivity index (χ3n) is 8.83. The zero-order valence-corrected chi connectivity index (χ0v) is 25.0. The number of alkyl halides is 2. The standard InChI is InChI=1S/C29H36ClF2N3O4S/c1-15-10-23(40-5)21(27(37)34-15)14-33-26(36)20-11-22(30)25-24(16(20)2)38-28(3,39-25)17-6-8-18(9-7-17)35(4)19-12-29(31,32)13-19/h10-11,17-19H,6-9,12-14H2,1-5H3,(H,33,36)(H,34,37)/t17-,18-,28-/m0/s1. The van der Waals surface area contributed by atoms with E-state index in [1.54, 1.807) is 13.0 Å². The summed E-state index contributed by atoms with van der Waals surface area (Å²) in [6, 6.07) is 3.67. The van der Waals surface area contributed by atoms with Crippen LogP contribution < -0.4 is 20.3 Å². The van der Waals surface area contributed by atoms with Crippen molar-refractivity contribution >= 4 is 29.3 Å². The number of aryl methyl sites for hydroxylation is 1. The number of aromatic amines is 1. The number of aromatic nitrogens is 1. The number of fused-ring (bicyclic) bond motifs is 1. The molecule has 2 aliphatic carbocycles. The van der Waals surface area contributed by atoms with E-state index in [9.17, 15) is 18.4 Å². The number of carbonyl (C=O) groups excluding carboxylic acids is 1. The van der Waals surface area contributed by atoms with Gasteiger partial charge in [0.25, 0.3) is 23.2 Å². The molecule has 2 aromatic rings. The summed E-state index contributed by atoms with van der Waals surface area (Å²) in [4.78, 5) is 31.4. The number of hydrogen-bond acceptors (Lipinski definition) is 6. The molecule has 0 bridgehead atoms. The number of benzene rings is 1. The number of H-pyrrole nitrogens is 1. The lowest BCUT2D eigenvalue weighted by atomic mass is 9.79. The molecular weight excluding hydrogens is 560 g/mol. The zero-order valence-electron chi connectivity index (χ0n) is 23.5. The van der Waals surface area contributed by atoms with Gasteiger partial charge in [-0.25, -0.2) is 8.78 Å². The van der Waals surface area contributed by atoms with Crippen molar-refractivity contribution in [2.24, 2.45) is 5.92 Å². The number of amides is 1. The Kier molecular flexibility index (Phi) is 7.91. The lowest BCUT2D eigenvalue weighted by Crippen LogP contribution is -2.54. The number of nitrogens with zero attached hydrogens (tertiary/aromatic N) is 1. The molecule has 11 heteroatoms. The number of hydrogen-bond donors (Lipinski definition) is 2. The predicted molar refractivity (Wildman–Crippen MR) is 152 cm³/mol. The smallest absolute Gasteiger partial charge is 0.254 e. The first-order valence-electron chi connectivity index (χ1n) is 13.7. The maximum absolute atomic E-state index is 13.4. The number of thioether (sulfide) groups is 1. The number of halogens is 3. The Morgan fingerprint density at radius 3 is 2.42 bits per heavy atom. The Balaban J connectivity index is 1.26. The van der Waals surface area contributed by atoms with Gasteiger partial charge in [-0.2, -0.15) is 0 Å². The molecule has 2 N–H and O–H groups in total. The van der Waals surface area contributed by atoms with Crippen LogP contribution in [-0.2, 0) is 6.54 Å². The van der Waals surface area contributed by atoms with Crippen LogP contribution in [0.5, 0.6) is 11.5 Å². The second-order valence-electron chi connectivity index (χ2n) is 11.5. The van der Waals surface area contributed by atoms with Crippen LogP contribution in [-0.4, -0.2) is 52.9 Å². The van der Waals surface area contributed by atoms with Crippen LogP contribution in [0, 0.1) is 19.8 Å². The molecule has 3 aliphatic rings. The highest BCUT2D eigenvalue weighted by Crippen LogP contribution is 2.52. The van der Waals surface area contributed by atoms with Crippen molar-refractivity contribution in [3.8, 4) is 11.5 Å². The second kappa shape index (κ2) is 10.8. The van der Waals surface area contributed by atoms with E-state index < -0.39 is 11.7 Å². The van der Waals surface area contributed by atoms with Gasteiger partial charge in [-0.1, -0.05) is 11.6 Å². The van der Waals surface area contributed by atoms with E-state index in [0.717, 1.165) is 36.3 Å². The van der Waals surface area contributed by atoms with E-state index in [4.69, 9.17) is 21.1 Å². The average molecular weight is 596 g/mol. The van der Waals surface area contributed by atoms with Crippen LogP contribution in [0.15, 0.2) is 21.8 Å². The Morgan fingerprint density at radius 2 is 1.80 bits per heavy atom. The monoisotopic (exact) mass is 595 g/mol. The van der Waals surface area contributed by atoms with E-state index in [2.05, 4.69) is 15.2 Å². The molecule has 1 aromatic heterocycles. The van der Waals surface area contributed by atoms with Crippen molar-refractivity contribution in [3.05, 3.63) is 49.9 Å². The zero-order chi connectivity index (χ0) is 29.0. The largest absolute Gasteiger partial charge is 0.448 e. The minimum absolute atomic E-state index is 0.0573.